The zero-order valence-electron chi connectivity index (χ0n) is 13.7. The van der Waals surface area contributed by atoms with Crippen LogP contribution in [0.15, 0.2) is 60.0 Å². The van der Waals surface area contributed by atoms with Crippen LogP contribution >= 0.6 is 11.6 Å². The third kappa shape index (κ3) is 4.25. The van der Waals surface area contributed by atoms with Gasteiger partial charge in [-0.2, -0.15) is 4.91 Å². The van der Waals surface area contributed by atoms with Gasteiger partial charge in [-0.05, 0) is 23.8 Å². The molecule has 0 aliphatic heterocycles. The van der Waals surface area contributed by atoms with Gasteiger partial charge in [0.1, 0.15) is 36.9 Å². The van der Waals surface area contributed by atoms with Crippen LogP contribution < -0.4 is 15.8 Å². The Bertz CT molecular complexity index is 905. The summed E-state index contributed by atoms with van der Waals surface area (Å²) in [6.07, 6.45) is 1.31. The topological polar surface area (TPSA) is 102 Å². The highest BCUT2D eigenvalue weighted by atomic mass is 35.5. The first-order valence-corrected chi connectivity index (χ1v) is 8.17. The molecule has 132 valence electrons. The van der Waals surface area contributed by atoms with Gasteiger partial charge in [0, 0.05) is 5.69 Å². The first-order valence-electron chi connectivity index (χ1n) is 7.79. The van der Waals surface area contributed by atoms with Gasteiger partial charge in [-0.15, -0.1) is 0 Å². The number of nitrogen functional groups attached to an aromatic ring is 1. The van der Waals surface area contributed by atoms with Crippen LogP contribution in [0.2, 0.25) is 5.02 Å². The van der Waals surface area contributed by atoms with E-state index in [0.29, 0.717) is 34.4 Å². The second kappa shape index (κ2) is 8.26. The quantitative estimate of drug-likeness (QED) is 0.602. The van der Waals surface area contributed by atoms with E-state index in [1.165, 1.54) is 6.33 Å². The molecule has 0 unspecified atom stereocenters. The van der Waals surface area contributed by atoms with Gasteiger partial charge >= 0.3 is 0 Å². The summed E-state index contributed by atoms with van der Waals surface area (Å²) in [5.41, 5.74) is 7.93. The fourth-order valence-corrected chi connectivity index (χ4v) is 2.56. The summed E-state index contributed by atoms with van der Waals surface area (Å²) in [7, 11) is 0. The number of anilines is 3. The van der Waals surface area contributed by atoms with Crippen LogP contribution in [0.5, 0.6) is 5.75 Å². The number of hydrogen-bond acceptors (Lipinski definition) is 7. The molecule has 0 fully saturated rings. The Kier molecular flexibility index (Phi) is 5.60. The number of nitrogens with two attached hydrogens (primary N) is 1. The summed E-state index contributed by atoms with van der Waals surface area (Å²) in [6, 6.07) is 15.1. The molecular weight excluding hydrogens is 354 g/mol. The first-order chi connectivity index (χ1) is 12.7. The van der Waals surface area contributed by atoms with Gasteiger partial charge in [-0.3, -0.25) is 0 Å². The highest BCUT2D eigenvalue weighted by molar-refractivity contribution is 6.32. The van der Waals surface area contributed by atoms with E-state index in [1.54, 1.807) is 18.2 Å². The monoisotopic (exact) mass is 369 g/mol. The fourth-order valence-electron chi connectivity index (χ4n) is 2.32. The van der Waals surface area contributed by atoms with E-state index >= 15 is 0 Å². The lowest BCUT2D eigenvalue weighted by Crippen LogP contribution is -2.04. The number of ether oxygens (including phenoxy) is 1. The van der Waals surface area contributed by atoms with E-state index in [-0.39, 0.29) is 12.4 Å². The van der Waals surface area contributed by atoms with Gasteiger partial charge in [0.15, 0.2) is 0 Å². The minimum atomic E-state index is -0.124. The zero-order valence-corrected chi connectivity index (χ0v) is 14.5. The maximum atomic E-state index is 10.6. The number of rotatable bonds is 7. The van der Waals surface area contributed by atoms with Gasteiger partial charge in [0.2, 0.25) is 0 Å². The van der Waals surface area contributed by atoms with Gasteiger partial charge in [0.25, 0.3) is 0 Å². The van der Waals surface area contributed by atoms with Gasteiger partial charge in [-0.25, -0.2) is 9.97 Å². The summed E-state index contributed by atoms with van der Waals surface area (Å²) >= 11 is 6.30. The molecule has 2 aromatic carbocycles. The van der Waals surface area contributed by atoms with Crippen molar-refractivity contribution in [3.8, 4) is 5.75 Å². The van der Waals surface area contributed by atoms with Crippen molar-refractivity contribution >= 4 is 28.9 Å². The lowest BCUT2D eigenvalue weighted by molar-refractivity contribution is 0.306. The predicted octanol–water partition coefficient (Wildman–Crippen LogP) is 4.30. The molecule has 3 aromatic rings. The number of halogens is 1. The molecule has 0 saturated carbocycles. The molecule has 3 N–H and O–H groups in total. The van der Waals surface area contributed by atoms with Crippen molar-refractivity contribution in [2.45, 2.75) is 13.2 Å². The lowest BCUT2D eigenvalue weighted by atomic mass is 10.2. The zero-order chi connectivity index (χ0) is 18.4. The Morgan fingerprint density at radius 1 is 1.15 bits per heavy atom. The normalized spacial score (nSPS) is 10.3. The molecule has 1 aromatic heterocycles. The number of nitrogens with one attached hydrogen (secondary N) is 1. The average molecular weight is 370 g/mol. The molecule has 3 rings (SSSR count). The molecule has 0 saturated heterocycles. The van der Waals surface area contributed by atoms with Crippen LogP contribution in [0.4, 0.5) is 17.3 Å². The highest BCUT2D eigenvalue weighted by Gasteiger charge is 2.11. The largest absolute Gasteiger partial charge is 0.487 e. The average Bonchev–Trinajstić information content (AvgIpc) is 2.65. The summed E-state index contributed by atoms with van der Waals surface area (Å²) in [5.74, 6) is 1.18. The van der Waals surface area contributed by atoms with Crippen molar-refractivity contribution in [2.24, 2.45) is 5.18 Å². The fraction of sp³-hybridized carbons (Fsp3) is 0.111. The molecule has 0 radical (unpaired) electrons. The summed E-state index contributed by atoms with van der Waals surface area (Å²) in [6.45, 7) is 0.298. The van der Waals surface area contributed by atoms with E-state index in [2.05, 4.69) is 20.5 Å². The molecule has 7 nitrogen and oxygen atoms in total. The summed E-state index contributed by atoms with van der Waals surface area (Å²) in [4.78, 5) is 18.6. The van der Waals surface area contributed by atoms with E-state index < -0.39 is 0 Å². The van der Waals surface area contributed by atoms with Crippen molar-refractivity contribution in [2.75, 3.05) is 11.1 Å². The van der Waals surface area contributed by atoms with Crippen LogP contribution in [-0.2, 0) is 13.2 Å². The van der Waals surface area contributed by atoms with Crippen LogP contribution in [0.25, 0.3) is 0 Å². The molecule has 0 bridgehead atoms. The van der Waals surface area contributed by atoms with E-state index in [1.807, 2.05) is 30.3 Å². The van der Waals surface area contributed by atoms with Gasteiger partial charge in [0.05, 0.1) is 10.6 Å². The van der Waals surface area contributed by atoms with Crippen LogP contribution in [0, 0.1) is 4.91 Å². The van der Waals surface area contributed by atoms with Crippen molar-refractivity contribution in [1.29, 1.82) is 0 Å². The smallest absolute Gasteiger partial charge is 0.141 e. The molecule has 0 aliphatic rings. The number of aromatic nitrogens is 2. The standard InChI is InChI=1S/C18H16ClN5O2/c19-15-8-13(24-18-14(9-23-25)17(20)21-11-22-18)6-7-16(15)26-10-12-4-2-1-3-5-12/h1-8,11H,9-10H2,(H3,20,21,22,24). The molecule has 0 aliphatic carbocycles. The summed E-state index contributed by atoms with van der Waals surface area (Å²) < 4.78 is 5.75. The van der Waals surface area contributed by atoms with Crippen molar-refractivity contribution < 1.29 is 4.74 Å². The maximum absolute atomic E-state index is 10.6. The minimum absolute atomic E-state index is 0.124. The second-order valence-corrected chi connectivity index (χ2v) is 5.82. The van der Waals surface area contributed by atoms with Gasteiger partial charge < -0.3 is 15.8 Å². The number of benzene rings is 2. The molecule has 26 heavy (non-hydrogen) atoms. The molecule has 0 spiro atoms. The number of hydrogen-bond donors (Lipinski definition) is 2. The Morgan fingerprint density at radius 3 is 2.69 bits per heavy atom. The molecule has 8 heteroatoms. The Hall–Kier alpha value is -3.19. The lowest BCUT2D eigenvalue weighted by Gasteiger charge is -2.12. The molecule has 0 amide bonds. The Morgan fingerprint density at radius 2 is 1.96 bits per heavy atom. The molecular formula is C18H16ClN5O2. The minimum Gasteiger partial charge on any atom is -0.487 e. The van der Waals surface area contributed by atoms with Crippen molar-refractivity contribution in [1.82, 2.24) is 9.97 Å². The molecule has 1 heterocycles. The Labute approximate surface area is 155 Å². The van der Waals surface area contributed by atoms with E-state index in [0.717, 1.165) is 5.56 Å². The summed E-state index contributed by atoms with van der Waals surface area (Å²) in [5, 5.41) is 6.38. The van der Waals surface area contributed by atoms with Crippen LogP contribution in [-0.4, -0.2) is 9.97 Å². The van der Waals surface area contributed by atoms with E-state index in [4.69, 9.17) is 22.1 Å². The third-order valence-electron chi connectivity index (χ3n) is 3.63. The predicted molar refractivity (Wildman–Crippen MR) is 101 cm³/mol. The van der Waals surface area contributed by atoms with E-state index in [9.17, 15) is 4.91 Å². The third-order valence-corrected chi connectivity index (χ3v) is 3.93. The number of nitroso groups, excluding NO2 is 1. The van der Waals surface area contributed by atoms with Crippen molar-refractivity contribution in [3.05, 3.63) is 75.9 Å². The highest BCUT2D eigenvalue weighted by Crippen LogP contribution is 2.30. The van der Waals surface area contributed by atoms with Crippen LogP contribution in [0.3, 0.4) is 0 Å². The molecule has 0 atom stereocenters. The second-order valence-electron chi connectivity index (χ2n) is 5.42. The first kappa shape index (κ1) is 17.6. The Balaban J connectivity index is 1.74. The van der Waals surface area contributed by atoms with Crippen LogP contribution in [0.1, 0.15) is 11.1 Å². The van der Waals surface area contributed by atoms with Crippen molar-refractivity contribution in [3.63, 3.8) is 0 Å². The van der Waals surface area contributed by atoms with Gasteiger partial charge in [-0.1, -0.05) is 47.1 Å². The SMILES string of the molecule is Nc1ncnc(Nc2ccc(OCc3ccccc3)c(Cl)c2)c1CN=O. The maximum Gasteiger partial charge on any atom is 0.141 e. The number of nitrogens with zero attached hydrogens (tertiary/aromatic N) is 3.